The van der Waals surface area contributed by atoms with Crippen LogP contribution in [0.1, 0.15) is 24.0 Å². The van der Waals surface area contributed by atoms with Gasteiger partial charge in [0.2, 0.25) is 0 Å². The molecule has 108 valence electrons. The quantitative estimate of drug-likeness (QED) is 0.917. The fourth-order valence-corrected chi connectivity index (χ4v) is 3.20. The highest BCUT2D eigenvalue weighted by molar-refractivity contribution is 5.70. The summed E-state index contributed by atoms with van der Waals surface area (Å²) in [5.41, 5.74) is 2.57. The number of carbonyl (C=O) groups is 1. The van der Waals surface area contributed by atoms with Crippen LogP contribution in [-0.4, -0.2) is 41.7 Å². The predicted molar refractivity (Wildman–Crippen MR) is 76.1 cm³/mol. The summed E-state index contributed by atoms with van der Waals surface area (Å²) in [4.78, 5) is 13.3. The molecule has 1 fully saturated rings. The van der Waals surface area contributed by atoms with Gasteiger partial charge in [-0.05, 0) is 44.5 Å². The van der Waals surface area contributed by atoms with E-state index >= 15 is 0 Å². The minimum absolute atomic E-state index is 0.157. The van der Waals surface area contributed by atoms with E-state index in [0.717, 1.165) is 44.6 Å². The molecule has 2 aliphatic rings. The minimum Gasteiger partial charge on any atom is -0.488 e. The zero-order valence-electron chi connectivity index (χ0n) is 11.8. The van der Waals surface area contributed by atoms with Crippen molar-refractivity contribution in [1.29, 1.82) is 0 Å². The van der Waals surface area contributed by atoms with E-state index in [1.54, 1.807) is 0 Å². The van der Waals surface area contributed by atoms with Gasteiger partial charge in [0.25, 0.3) is 0 Å². The first-order valence-corrected chi connectivity index (χ1v) is 7.33. The van der Waals surface area contributed by atoms with Crippen molar-refractivity contribution in [3.8, 4) is 5.75 Å². The van der Waals surface area contributed by atoms with Crippen LogP contribution in [0.5, 0.6) is 5.75 Å². The Morgan fingerprint density at radius 2 is 2.15 bits per heavy atom. The van der Waals surface area contributed by atoms with E-state index in [-0.39, 0.29) is 12.0 Å². The summed E-state index contributed by atoms with van der Waals surface area (Å²) in [5.74, 6) is 0.210. The second-order valence-electron chi connectivity index (χ2n) is 5.97. The number of fused-ring (bicyclic) bond motifs is 1. The first kappa shape index (κ1) is 13.4. The molecule has 0 spiro atoms. The molecule has 4 heteroatoms. The molecule has 0 saturated carbocycles. The fraction of sp³-hybridized carbons (Fsp3) is 0.562. The van der Waals surface area contributed by atoms with Crippen LogP contribution in [0.4, 0.5) is 0 Å². The van der Waals surface area contributed by atoms with E-state index in [9.17, 15) is 4.79 Å². The number of aryl methyl sites for hydroxylation is 1. The van der Waals surface area contributed by atoms with Crippen LogP contribution in [0.25, 0.3) is 0 Å². The lowest BCUT2D eigenvalue weighted by Crippen LogP contribution is -2.41. The van der Waals surface area contributed by atoms with E-state index < -0.39 is 5.97 Å². The Kier molecular flexibility index (Phi) is 3.66. The Balaban J connectivity index is 1.53. The van der Waals surface area contributed by atoms with Gasteiger partial charge in [0.15, 0.2) is 0 Å². The van der Waals surface area contributed by atoms with Gasteiger partial charge in [0, 0.05) is 13.0 Å². The van der Waals surface area contributed by atoms with Crippen LogP contribution < -0.4 is 4.74 Å². The average Bonchev–Trinajstić information content (AvgIpc) is 2.80. The van der Waals surface area contributed by atoms with Crippen molar-refractivity contribution in [2.75, 3.05) is 19.6 Å². The number of aliphatic carboxylic acids is 1. The number of piperidine rings is 1. The summed E-state index contributed by atoms with van der Waals surface area (Å²) in [7, 11) is 0. The number of rotatable bonds is 3. The molecule has 1 saturated heterocycles. The number of carboxylic acid groups (broad SMARTS) is 1. The molecule has 1 atom stereocenters. The number of likely N-dealkylation sites (tertiary alicyclic amines) is 1. The zero-order valence-corrected chi connectivity index (χ0v) is 11.8. The lowest BCUT2D eigenvalue weighted by Gasteiger charge is -2.31. The third-order valence-electron chi connectivity index (χ3n) is 4.36. The molecule has 1 N–H and O–H groups in total. The molecule has 0 radical (unpaired) electrons. The summed E-state index contributed by atoms with van der Waals surface area (Å²) in [6.07, 6.45) is 2.70. The Morgan fingerprint density at radius 1 is 1.40 bits per heavy atom. The first-order chi connectivity index (χ1) is 9.61. The molecule has 1 aromatic rings. The molecule has 1 aromatic carbocycles. The molecule has 0 aliphatic carbocycles. The lowest BCUT2D eigenvalue weighted by atomic mass is 9.97. The lowest BCUT2D eigenvalue weighted by molar-refractivity contribution is -0.143. The van der Waals surface area contributed by atoms with Crippen molar-refractivity contribution >= 4 is 5.97 Å². The number of hydrogen-bond acceptors (Lipinski definition) is 3. The molecule has 1 unspecified atom stereocenters. The molecule has 4 nitrogen and oxygen atoms in total. The van der Waals surface area contributed by atoms with Gasteiger partial charge >= 0.3 is 5.97 Å². The monoisotopic (exact) mass is 275 g/mol. The van der Waals surface area contributed by atoms with Crippen LogP contribution in [0.15, 0.2) is 18.2 Å². The van der Waals surface area contributed by atoms with Crippen molar-refractivity contribution in [2.45, 2.75) is 32.3 Å². The molecule has 3 rings (SSSR count). The van der Waals surface area contributed by atoms with E-state index in [0.29, 0.717) is 0 Å². The Hall–Kier alpha value is -1.55. The van der Waals surface area contributed by atoms with Gasteiger partial charge in [0.05, 0.1) is 5.92 Å². The van der Waals surface area contributed by atoms with Crippen LogP contribution >= 0.6 is 0 Å². The highest BCUT2D eigenvalue weighted by atomic mass is 16.5. The van der Waals surface area contributed by atoms with Crippen molar-refractivity contribution in [1.82, 2.24) is 4.90 Å². The van der Waals surface area contributed by atoms with Crippen molar-refractivity contribution in [3.05, 3.63) is 29.3 Å². The average molecular weight is 275 g/mol. The third-order valence-corrected chi connectivity index (χ3v) is 4.36. The van der Waals surface area contributed by atoms with Gasteiger partial charge in [-0.1, -0.05) is 17.7 Å². The van der Waals surface area contributed by atoms with Crippen LogP contribution in [0.3, 0.4) is 0 Å². The fourth-order valence-electron chi connectivity index (χ4n) is 3.20. The van der Waals surface area contributed by atoms with Gasteiger partial charge in [-0.25, -0.2) is 0 Å². The maximum absolute atomic E-state index is 10.9. The summed E-state index contributed by atoms with van der Waals surface area (Å²) in [6, 6.07) is 6.34. The highest BCUT2D eigenvalue weighted by Gasteiger charge is 2.29. The van der Waals surface area contributed by atoms with Crippen molar-refractivity contribution in [2.24, 2.45) is 5.92 Å². The molecule has 0 bridgehead atoms. The number of ether oxygens (including phenoxy) is 1. The van der Waals surface area contributed by atoms with Crippen LogP contribution in [0.2, 0.25) is 0 Å². The Morgan fingerprint density at radius 3 is 2.85 bits per heavy atom. The van der Waals surface area contributed by atoms with Gasteiger partial charge < -0.3 is 9.84 Å². The summed E-state index contributed by atoms with van der Waals surface area (Å²) < 4.78 is 5.98. The van der Waals surface area contributed by atoms with E-state index in [4.69, 9.17) is 9.84 Å². The zero-order chi connectivity index (χ0) is 14.1. The van der Waals surface area contributed by atoms with E-state index in [1.807, 2.05) is 0 Å². The van der Waals surface area contributed by atoms with Gasteiger partial charge in [0.1, 0.15) is 11.9 Å². The Bertz CT molecular complexity index is 506. The standard InChI is InChI=1S/C16H21NO3/c1-11-2-3-15-13(8-11)9-14(20-15)10-17-6-4-12(5-7-17)16(18)19/h2-3,8,12,14H,4-7,9-10H2,1H3,(H,18,19). The van der Waals surface area contributed by atoms with E-state index in [1.165, 1.54) is 11.1 Å². The second-order valence-corrected chi connectivity index (χ2v) is 5.97. The Labute approximate surface area is 119 Å². The van der Waals surface area contributed by atoms with Gasteiger partial charge in [-0.2, -0.15) is 0 Å². The number of carboxylic acids is 1. The normalized spacial score (nSPS) is 23.4. The first-order valence-electron chi connectivity index (χ1n) is 7.33. The highest BCUT2D eigenvalue weighted by Crippen LogP contribution is 2.30. The van der Waals surface area contributed by atoms with Crippen LogP contribution in [0, 0.1) is 12.8 Å². The maximum Gasteiger partial charge on any atom is 0.306 e. The number of hydrogen-bond donors (Lipinski definition) is 1. The van der Waals surface area contributed by atoms with Gasteiger partial charge in [-0.15, -0.1) is 0 Å². The maximum atomic E-state index is 10.9. The molecular weight excluding hydrogens is 254 g/mol. The molecule has 2 heterocycles. The van der Waals surface area contributed by atoms with Crippen LogP contribution in [-0.2, 0) is 11.2 Å². The predicted octanol–water partition coefficient (Wildman–Crippen LogP) is 2.10. The molecule has 0 aromatic heterocycles. The third kappa shape index (κ3) is 2.80. The van der Waals surface area contributed by atoms with Gasteiger partial charge in [-0.3, -0.25) is 9.69 Å². The smallest absolute Gasteiger partial charge is 0.306 e. The number of benzene rings is 1. The summed E-state index contributed by atoms with van der Waals surface area (Å²) >= 11 is 0. The largest absolute Gasteiger partial charge is 0.488 e. The SMILES string of the molecule is Cc1ccc2c(c1)CC(CN1CCC(C(=O)O)CC1)O2. The molecular formula is C16H21NO3. The second kappa shape index (κ2) is 5.44. The topological polar surface area (TPSA) is 49.8 Å². The number of nitrogens with zero attached hydrogens (tertiary/aromatic N) is 1. The minimum atomic E-state index is -0.648. The molecule has 0 amide bonds. The molecule has 20 heavy (non-hydrogen) atoms. The van der Waals surface area contributed by atoms with Crippen molar-refractivity contribution < 1.29 is 14.6 Å². The molecule has 2 aliphatic heterocycles. The van der Waals surface area contributed by atoms with E-state index in [2.05, 4.69) is 30.0 Å². The van der Waals surface area contributed by atoms with Crippen molar-refractivity contribution in [3.63, 3.8) is 0 Å². The summed E-state index contributed by atoms with van der Waals surface area (Å²) in [6.45, 7) is 4.74. The summed E-state index contributed by atoms with van der Waals surface area (Å²) in [5, 5.41) is 9.01.